The van der Waals surface area contributed by atoms with E-state index in [4.69, 9.17) is 5.14 Å². The van der Waals surface area contributed by atoms with E-state index in [0.717, 1.165) is 29.1 Å². The van der Waals surface area contributed by atoms with Crippen molar-refractivity contribution in [1.82, 2.24) is 14.7 Å². The van der Waals surface area contributed by atoms with E-state index in [9.17, 15) is 13.2 Å². The molecule has 2 aromatic rings. The molecule has 0 bridgehead atoms. The molecule has 0 aliphatic rings. The fraction of sp³-hybridized carbons (Fsp3) is 0.500. The van der Waals surface area contributed by atoms with Crippen LogP contribution in [-0.2, 0) is 27.8 Å². The Labute approximate surface area is 167 Å². The molecule has 28 heavy (non-hydrogen) atoms. The van der Waals surface area contributed by atoms with E-state index in [1.807, 2.05) is 25.5 Å². The van der Waals surface area contributed by atoms with Crippen molar-refractivity contribution in [2.24, 2.45) is 11.1 Å². The minimum absolute atomic E-state index is 0.0154. The van der Waals surface area contributed by atoms with Gasteiger partial charge in [-0.15, -0.1) is 0 Å². The van der Waals surface area contributed by atoms with E-state index in [1.165, 1.54) is 12.1 Å². The third kappa shape index (κ3) is 4.99. The number of benzene rings is 1. The van der Waals surface area contributed by atoms with Gasteiger partial charge in [-0.3, -0.25) is 9.48 Å². The van der Waals surface area contributed by atoms with Crippen molar-refractivity contribution in [2.45, 2.75) is 58.5 Å². The molecule has 0 fully saturated rings. The molecule has 8 heteroatoms. The van der Waals surface area contributed by atoms with Crippen LogP contribution in [0.3, 0.4) is 0 Å². The summed E-state index contributed by atoms with van der Waals surface area (Å²) in [5.41, 5.74) is 3.71. The number of hydrogen-bond acceptors (Lipinski definition) is 4. The van der Waals surface area contributed by atoms with Crippen molar-refractivity contribution in [2.75, 3.05) is 7.05 Å². The van der Waals surface area contributed by atoms with Crippen LogP contribution in [0.2, 0.25) is 0 Å². The zero-order chi connectivity index (χ0) is 21.2. The molecule has 0 saturated carbocycles. The van der Waals surface area contributed by atoms with Gasteiger partial charge in [0.2, 0.25) is 15.9 Å². The lowest BCUT2D eigenvalue weighted by Gasteiger charge is -2.25. The maximum Gasteiger partial charge on any atom is 0.238 e. The lowest BCUT2D eigenvalue weighted by atomic mass is 10.1. The number of carbonyl (C=O) groups excluding carboxylic acids is 1. The third-order valence-corrected chi connectivity index (χ3v) is 5.99. The van der Waals surface area contributed by atoms with Gasteiger partial charge in [-0.2, -0.15) is 5.10 Å². The number of rotatable bonds is 7. The number of hydrogen-bond donors (Lipinski definition) is 1. The monoisotopic (exact) mass is 406 g/mol. The molecule has 7 nitrogen and oxygen atoms in total. The molecular formula is C20H30N4O3S. The smallest absolute Gasteiger partial charge is 0.238 e. The second-order valence-corrected chi connectivity index (χ2v) is 9.26. The van der Waals surface area contributed by atoms with Crippen LogP contribution in [0.5, 0.6) is 0 Å². The van der Waals surface area contributed by atoms with Gasteiger partial charge in [0.15, 0.2) is 0 Å². The Hall–Kier alpha value is -2.19. The SMILES string of the molecule is Cc1nn(CC(C)C)c(C)c1CC(=O)N(C)C(C)c1ccc(S(N)(=O)=O)cc1. The summed E-state index contributed by atoms with van der Waals surface area (Å²) < 4.78 is 24.8. The molecule has 1 aromatic carbocycles. The van der Waals surface area contributed by atoms with Crippen LogP contribution in [-0.4, -0.2) is 36.1 Å². The van der Waals surface area contributed by atoms with Gasteiger partial charge in [0.25, 0.3) is 0 Å². The van der Waals surface area contributed by atoms with E-state index >= 15 is 0 Å². The lowest BCUT2D eigenvalue weighted by molar-refractivity contribution is -0.131. The van der Waals surface area contributed by atoms with Crippen molar-refractivity contribution >= 4 is 15.9 Å². The average molecular weight is 407 g/mol. The maximum absolute atomic E-state index is 12.9. The van der Waals surface area contributed by atoms with Crippen molar-refractivity contribution in [3.05, 3.63) is 46.8 Å². The number of likely N-dealkylation sites (N-methyl/N-ethyl adjacent to an activating group) is 1. The van der Waals surface area contributed by atoms with Crippen LogP contribution in [0.4, 0.5) is 0 Å². The summed E-state index contributed by atoms with van der Waals surface area (Å²) in [5, 5.41) is 9.71. The van der Waals surface area contributed by atoms with Crippen LogP contribution >= 0.6 is 0 Å². The molecule has 0 spiro atoms. The molecule has 1 aromatic heterocycles. The molecule has 1 unspecified atom stereocenters. The molecule has 1 atom stereocenters. The summed E-state index contributed by atoms with van der Waals surface area (Å²) in [7, 11) is -1.97. The molecule has 2 rings (SSSR count). The Balaban J connectivity index is 2.15. The van der Waals surface area contributed by atoms with Crippen molar-refractivity contribution in [3.8, 4) is 0 Å². The van der Waals surface area contributed by atoms with Crippen LogP contribution in [0, 0.1) is 19.8 Å². The number of primary sulfonamides is 1. The van der Waals surface area contributed by atoms with Crippen molar-refractivity contribution < 1.29 is 13.2 Å². The zero-order valence-electron chi connectivity index (χ0n) is 17.4. The quantitative estimate of drug-likeness (QED) is 0.764. The van der Waals surface area contributed by atoms with Gasteiger partial charge in [0.1, 0.15) is 0 Å². The number of aromatic nitrogens is 2. The Kier molecular flexibility index (Phi) is 6.67. The summed E-state index contributed by atoms with van der Waals surface area (Å²) in [5.74, 6) is 0.461. The number of aryl methyl sites for hydroxylation is 1. The highest BCUT2D eigenvalue weighted by Gasteiger charge is 2.22. The predicted octanol–water partition coefficient (Wildman–Crippen LogP) is 2.57. The Morgan fingerprint density at radius 1 is 1.18 bits per heavy atom. The molecule has 154 valence electrons. The highest BCUT2D eigenvalue weighted by atomic mass is 32.2. The van der Waals surface area contributed by atoms with E-state index in [1.54, 1.807) is 24.1 Å². The first-order valence-electron chi connectivity index (χ1n) is 9.33. The van der Waals surface area contributed by atoms with E-state index in [0.29, 0.717) is 5.92 Å². The van der Waals surface area contributed by atoms with E-state index < -0.39 is 10.0 Å². The highest BCUT2D eigenvalue weighted by molar-refractivity contribution is 7.89. The van der Waals surface area contributed by atoms with Crippen LogP contribution < -0.4 is 5.14 Å². The van der Waals surface area contributed by atoms with Crippen molar-refractivity contribution in [3.63, 3.8) is 0 Å². The zero-order valence-corrected chi connectivity index (χ0v) is 18.2. The predicted molar refractivity (Wildman–Crippen MR) is 109 cm³/mol. The van der Waals surface area contributed by atoms with Crippen molar-refractivity contribution in [1.29, 1.82) is 0 Å². The number of sulfonamides is 1. The second kappa shape index (κ2) is 8.45. The van der Waals surface area contributed by atoms with Gasteiger partial charge < -0.3 is 4.90 Å². The molecule has 1 amide bonds. The highest BCUT2D eigenvalue weighted by Crippen LogP contribution is 2.23. The Morgan fingerprint density at radius 3 is 2.25 bits per heavy atom. The fourth-order valence-electron chi connectivity index (χ4n) is 3.17. The van der Waals surface area contributed by atoms with Crippen LogP contribution in [0.15, 0.2) is 29.2 Å². The first-order chi connectivity index (χ1) is 12.9. The normalized spacial score (nSPS) is 13.0. The van der Waals surface area contributed by atoms with E-state index in [2.05, 4.69) is 18.9 Å². The molecule has 0 radical (unpaired) electrons. The van der Waals surface area contributed by atoms with Gasteiger partial charge in [-0.25, -0.2) is 13.6 Å². The van der Waals surface area contributed by atoms with Gasteiger partial charge in [0, 0.05) is 24.8 Å². The van der Waals surface area contributed by atoms with Gasteiger partial charge in [0.05, 0.1) is 23.1 Å². The van der Waals surface area contributed by atoms with E-state index in [-0.39, 0.29) is 23.3 Å². The van der Waals surface area contributed by atoms with Gasteiger partial charge in [-0.1, -0.05) is 26.0 Å². The summed E-state index contributed by atoms with van der Waals surface area (Å²) in [6.45, 7) is 10.9. The molecular weight excluding hydrogens is 376 g/mol. The van der Waals surface area contributed by atoms with Crippen LogP contribution in [0.1, 0.15) is 49.3 Å². The second-order valence-electron chi connectivity index (χ2n) is 7.70. The number of amides is 1. The fourth-order valence-corrected chi connectivity index (χ4v) is 3.68. The third-order valence-electron chi connectivity index (χ3n) is 5.06. The molecule has 1 heterocycles. The molecule has 0 aliphatic carbocycles. The Morgan fingerprint density at radius 2 is 1.75 bits per heavy atom. The maximum atomic E-state index is 12.9. The van der Waals surface area contributed by atoms with Crippen LogP contribution in [0.25, 0.3) is 0 Å². The summed E-state index contributed by atoms with van der Waals surface area (Å²) >= 11 is 0. The number of nitrogens with two attached hydrogens (primary N) is 1. The lowest BCUT2D eigenvalue weighted by Crippen LogP contribution is -2.31. The minimum atomic E-state index is -3.73. The molecule has 0 aliphatic heterocycles. The molecule has 0 saturated heterocycles. The Bertz CT molecular complexity index is 947. The number of nitrogens with zero attached hydrogens (tertiary/aromatic N) is 3. The standard InChI is InChI=1S/C20H30N4O3S/c1-13(2)12-24-16(5)19(14(3)22-24)11-20(25)23(6)15(4)17-7-9-18(10-8-17)28(21,26)27/h7-10,13,15H,11-12H2,1-6H3,(H2,21,26,27). The minimum Gasteiger partial charge on any atom is -0.339 e. The first-order valence-corrected chi connectivity index (χ1v) is 10.9. The largest absolute Gasteiger partial charge is 0.339 e. The van der Waals surface area contributed by atoms with Gasteiger partial charge >= 0.3 is 0 Å². The summed E-state index contributed by atoms with van der Waals surface area (Å²) in [4.78, 5) is 14.6. The average Bonchev–Trinajstić information content (AvgIpc) is 2.86. The summed E-state index contributed by atoms with van der Waals surface area (Å²) in [6, 6.07) is 6.10. The summed E-state index contributed by atoms with van der Waals surface area (Å²) in [6.07, 6.45) is 0.284. The van der Waals surface area contributed by atoms with Gasteiger partial charge in [-0.05, 0) is 44.4 Å². The molecule has 2 N–H and O–H groups in total. The number of carbonyl (C=O) groups is 1. The first kappa shape index (κ1) is 22.1. The topological polar surface area (TPSA) is 98.3 Å².